The third kappa shape index (κ3) is 4.73. The molecule has 1 rings (SSSR count). The molecule has 1 saturated heterocycles. The summed E-state index contributed by atoms with van der Waals surface area (Å²) in [7, 11) is 0. The van der Waals surface area contributed by atoms with Crippen LogP contribution in [0, 0.1) is 0 Å². The van der Waals surface area contributed by atoms with Gasteiger partial charge in [-0.3, -0.25) is 9.59 Å². The highest BCUT2D eigenvalue weighted by atomic mass is 16.2. The maximum absolute atomic E-state index is 11.9. The predicted octanol–water partition coefficient (Wildman–Crippen LogP) is 0.113. The van der Waals surface area contributed by atoms with E-state index in [0.717, 1.165) is 32.5 Å². The van der Waals surface area contributed by atoms with Gasteiger partial charge in [0.25, 0.3) is 0 Å². The van der Waals surface area contributed by atoms with E-state index < -0.39 is 6.04 Å². The molecule has 5 nitrogen and oxygen atoms in total. The average molecular weight is 241 g/mol. The molecule has 0 aromatic heterocycles. The average Bonchev–Trinajstić information content (AvgIpc) is 2.81. The van der Waals surface area contributed by atoms with Crippen molar-refractivity contribution >= 4 is 11.8 Å². The Morgan fingerprint density at radius 2 is 1.94 bits per heavy atom. The Morgan fingerprint density at radius 1 is 1.29 bits per heavy atom. The highest BCUT2D eigenvalue weighted by molar-refractivity contribution is 5.87. The Morgan fingerprint density at radius 3 is 2.53 bits per heavy atom. The highest BCUT2D eigenvalue weighted by Crippen LogP contribution is 2.08. The summed E-state index contributed by atoms with van der Waals surface area (Å²) < 4.78 is 0. The number of hydrogen-bond donors (Lipinski definition) is 2. The van der Waals surface area contributed by atoms with E-state index in [1.54, 1.807) is 6.92 Å². The zero-order valence-electron chi connectivity index (χ0n) is 10.8. The van der Waals surface area contributed by atoms with Gasteiger partial charge in [0.1, 0.15) is 6.04 Å². The van der Waals surface area contributed by atoms with Gasteiger partial charge in [-0.2, -0.15) is 0 Å². The molecule has 1 unspecified atom stereocenters. The number of hydrogen-bond acceptors (Lipinski definition) is 3. The molecule has 0 saturated carbocycles. The van der Waals surface area contributed by atoms with Crippen molar-refractivity contribution in [2.45, 2.75) is 39.2 Å². The molecule has 1 heterocycles. The van der Waals surface area contributed by atoms with E-state index in [1.807, 2.05) is 11.8 Å². The van der Waals surface area contributed by atoms with Crippen LogP contribution in [-0.2, 0) is 9.59 Å². The second kappa shape index (κ2) is 7.27. The van der Waals surface area contributed by atoms with Gasteiger partial charge >= 0.3 is 0 Å². The quantitative estimate of drug-likeness (QED) is 0.649. The molecule has 0 bridgehead atoms. The molecule has 0 aliphatic carbocycles. The van der Waals surface area contributed by atoms with Gasteiger partial charge in [-0.05, 0) is 26.3 Å². The van der Waals surface area contributed by atoms with Gasteiger partial charge in [-0.15, -0.1) is 0 Å². The highest BCUT2D eigenvalue weighted by Gasteiger charge is 2.23. The van der Waals surface area contributed by atoms with Crippen LogP contribution >= 0.6 is 0 Å². The molecule has 17 heavy (non-hydrogen) atoms. The minimum absolute atomic E-state index is 0.0410. The van der Waals surface area contributed by atoms with Crippen LogP contribution in [0.1, 0.15) is 33.1 Å². The van der Waals surface area contributed by atoms with Crippen LogP contribution in [0.5, 0.6) is 0 Å². The Hall–Kier alpha value is -1.10. The smallest absolute Gasteiger partial charge is 0.244 e. The van der Waals surface area contributed by atoms with Crippen LogP contribution < -0.4 is 10.6 Å². The van der Waals surface area contributed by atoms with Crippen LogP contribution in [0.3, 0.4) is 0 Å². The van der Waals surface area contributed by atoms with Gasteiger partial charge in [0.05, 0.1) is 0 Å². The van der Waals surface area contributed by atoms with Crippen LogP contribution in [0.2, 0.25) is 0 Å². The molecule has 0 aromatic carbocycles. The van der Waals surface area contributed by atoms with Crippen LogP contribution in [-0.4, -0.2) is 48.9 Å². The van der Waals surface area contributed by atoms with E-state index in [9.17, 15) is 9.59 Å². The number of rotatable bonds is 6. The number of nitrogens with one attached hydrogen (secondary N) is 2. The standard InChI is InChI=1S/C12H23N3O2/c1-3-13-7-6-11(16)14-10(2)12(17)15-8-4-5-9-15/h10,13H,3-9H2,1-2H3,(H,14,16). The molecular weight excluding hydrogens is 218 g/mol. The van der Waals surface area contributed by atoms with Crippen molar-refractivity contribution < 1.29 is 9.59 Å². The second-order valence-electron chi connectivity index (χ2n) is 4.43. The zero-order valence-corrected chi connectivity index (χ0v) is 10.8. The Kier molecular flexibility index (Phi) is 5.97. The first-order valence-corrected chi connectivity index (χ1v) is 6.44. The van der Waals surface area contributed by atoms with E-state index in [0.29, 0.717) is 13.0 Å². The largest absolute Gasteiger partial charge is 0.345 e. The molecule has 5 heteroatoms. The molecule has 0 spiro atoms. The van der Waals surface area contributed by atoms with Gasteiger partial charge in [0.2, 0.25) is 11.8 Å². The lowest BCUT2D eigenvalue weighted by molar-refractivity contribution is -0.135. The summed E-state index contributed by atoms with van der Waals surface area (Å²) in [5.41, 5.74) is 0. The second-order valence-corrected chi connectivity index (χ2v) is 4.43. The fraction of sp³-hybridized carbons (Fsp3) is 0.833. The normalized spacial score (nSPS) is 16.9. The van der Waals surface area contributed by atoms with E-state index in [4.69, 9.17) is 0 Å². The molecule has 0 aromatic rings. The van der Waals surface area contributed by atoms with E-state index in [2.05, 4.69) is 10.6 Å². The summed E-state index contributed by atoms with van der Waals surface area (Å²) in [6, 6.07) is -0.401. The molecule has 1 atom stereocenters. The first-order valence-electron chi connectivity index (χ1n) is 6.44. The summed E-state index contributed by atoms with van der Waals surface area (Å²) in [5, 5.41) is 5.83. The van der Waals surface area contributed by atoms with Gasteiger partial charge in [-0.25, -0.2) is 0 Å². The van der Waals surface area contributed by atoms with Crippen molar-refractivity contribution in [2.75, 3.05) is 26.2 Å². The number of nitrogens with zero attached hydrogens (tertiary/aromatic N) is 1. The summed E-state index contributed by atoms with van der Waals surface area (Å²) in [5.74, 6) is -0.0229. The van der Waals surface area contributed by atoms with Gasteiger partial charge in [-0.1, -0.05) is 6.92 Å². The first kappa shape index (κ1) is 14.0. The maximum atomic E-state index is 11.9. The topological polar surface area (TPSA) is 61.4 Å². The van der Waals surface area contributed by atoms with Crippen molar-refractivity contribution in [3.63, 3.8) is 0 Å². The van der Waals surface area contributed by atoms with Crippen molar-refractivity contribution in [3.05, 3.63) is 0 Å². The molecule has 1 aliphatic rings. The number of likely N-dealkylation sites (tertiary alicyclic amines) is 1. The minimum Gasteiger partial charge on any atom is -0.345 e. The van der Waals surface area contributed by atoms with Crippen molar-refractivity contribution in [2.24, 2.45) is 0 Å². The molecule has 2 N–H and O–H groups in total. The lowest BCUT2D eigenvalue weighted by atomic mass is 10.2. The molecule has 2 amide bonds. The Labute approximate surface area is 103 Å². The summed E-state index contributed by atoms with van der Waals surface area (Å²) in [6.45, 7) is 6.93. The lowest BCUT2D eigenvalue weighted by Crippen LogP contribution is -2.46. The number of amides is 2. The molecule has 98 valence electrons. The fourth-order valence-corrected chi connectivity index (χ4v) is 1.97. The molecule has 1 aliphatic heterocycles. The van der Waals surface area contributed by atoms with Crippen LogP contribution in [0.4, 0.5) is 0 Å². The third-order valence-electron chi connectivity index (χ3n) is 2.94. The summed E-state index contributed by atoms with van der Waals surface area (Å²) in [6.07, 6.45) is 2.57. The van der Waals surface area contributed by atoms with E-state index >= 15 is 0 Å². The summed E-state index contributed by atoms with van der Waals surface area (Å²) >= 11 is 0. The van der Waals surface area contributed by atoms with Crippen LogP contribution in [0.15, 0.2) is 0 Å². The molecule has 0 radical (unpaired) electrons. The zero-order chi connectivity index (χ0) is 12.7. The van der Waals surface area contributed by atoms with Crippen LogP contribution in [0.25, 0.3) is 0 Å². The first-order chi connectivity index (χ1) is 8.15. The Balaban J connectivity index is 2.24. The lowest BCUT2D eigenvalue weighted by Gasteiger charge is -2.21. The molecular formula is C12H23N3O2. The maximum Gasteiger partial charge on any atom is 0.244 e. The van der Waals surface area contributed by atoms with Gasteiger partial charge in [0.15, 0.2) is 0 Å². The van der Waals surface area contributed by atoms with Crippen molar-refractivity contribution in [3.8, 4) is 0 Å². The third-order valence-corrected chi connectivity index (χ3v) is 2.94. The van der Waals surface area contributed by atoms with Gasteiger partial charge < -0.3 is 15.5 Å². The predicted molar refractivity (Wildman–Crippen MR) is 66.6 cm³/mol. The SMILES string of the molecule is CCNCCC(=O)NC(C)C(=O)N1CCCC1. The summed E-state index contributed by atoms with van der Waals surface area (Å²) in [4.78, 5) is 25.3. The van der Waals surface area contributed by atoms with E-state index in [1.165, 1.54) is 0 Å². The Bertz CT molecular complexity index is 262. The van der Waals surface area contributed by atoms with Crippen molar-refractivity contribution in [1.29, 1.82) is 0 Å². The number of carbonyl (C=O) groups is 2. The minimum atomic E-state index is -0.401. The van der Waals surface area contributed by atoms with E-state index in [-0.39, 0.29) is 11.8 Å². The number of carbonyl (C=O) groups excluding carboxylic acids is 2. The van der Waals surface area contributed by atoms with Crippen molar-refractivity contribution in [1.82, 2.24) is 15.5 Å². The molecule has 1 fully saturated rings. The monoisotopic (exact) mass is 241 g/mol. The fourth-order valence-electron chi connectivity index (χ4n) is 1.97. The van der Waals surface area contributed by atoms with Gasteiger partial charge in [0, 0.05) is 26.1 Å².